The highest BCUT2D eigenvalue weighted by Gasteiger charge is 2.31. The number of carbonyl (C=O) groups excluding carboxylic acids is 2. The molecule has 0 unspecified atom stereocenters. The molecule has 0 heterocycles. The summed E-state index contributed by atoms with van der Waals surface area (Å²) in [6.45, 7) is 1.69. The summed E-state index contributed by atoms with van der Waals surface area (Å²) in [5.41, 5.74) is 0.320. The number of aryl methyl sites for hydroxylation is 1. The van der Waals surface area contributed by atoms with Gasteiger partial charge in [0.1, 0.15) is 0 Å². The normalized spacial score (nSPS) is 11.2. The molecule has 8 nitrogen and oxygen atoms in total. The Morgan fingerprint density at radius 3 is 2.00 bits per heavy atom. The lowest BCUT2D eigenvalue weighted by molar-refractivity contribution is -0.150. The highest BCUT2D eigenvalue weighted by Crippen LogP contribution is 2.34. The van der Waals surface area contributed by atoms with Crippen LogP contribution in [0.15, 0.2) is 60.7 Å². The largest absolute Gasteiger partial charge is 0.480 e. The first-order chi connectivity index (χ1) is 17.7. The van der Waals surface area contributed by atoms with Gasteiger partial charge in [-0.25, -0.2) is 0 Å². The quantitative estimate of drug-likeness (QED) is 0.375. The lowest BCUT2D eigenvalue weighted by atomic mass is 9.93. The molecule has 0 spiro atoms. The Balaban J connectivity index is 2.06. The minimum Gasteiger partial charge on any atom is -0.480 e. The molecule has 0 saturated heterocycles. The number of nitrogens with zero attached hydrogens (tertiary/aromatic N) is 1. The van der Waals surface area contributed by atoms with Crippen LogP contribution in [0, 0.1) is 6.92 Å². The van der Waals surface area contributed by atoms with Crippen molar-refractivity contribution in [1.82, 2.24) is 4.90 Å². The van der Waals surface area contributed by atoms with Gasteiger partial charge in [-0.15, -0.1) is 0 Å². The average molecular weight is 528 g/mol. The first-order valence-electron chi connectivity index (χ1n) is 11.1. The molecule has 0 aliphatic carbocycles. The Morgan fingerprint density at radius 2 is 1.47 bits per heavy atom. The highest BCUT2D eigenvalue weighted by atomic mass is 19.4. The van der Waals surface area contributed by atoms with Gasteiger partial charge in [-0.05, 0) is 59.5 Å². The average Bonchev–Trinajstić information content (AvgIpc) is 2.83. The molecule has 3 aromatic rings. The molecule has 38 heavy (non-hydrogen) atoms. The van der Waals surface area contributed by atoms with Gasteiger partial charge in [0.25, 0.3) is 11.8 Å². The van der Waals surface area contributed by atoms with E-state index >= 15 is 0 Å². The lowest BCUT2D eigenvalue weighted by Gasteiger charge is -2.18. The minimum atomic E-state index is -4.52. The summed E-state index contributed by atoms with van der Waals surface area (Å²) in [5.74, 6) is -6.49. The molecule has 3 N–H and O–H groups in total. The van der Waals surface area contributed by atoms with Gasteiger partial charge in [0.15, 0.2) is 5.92 Å². The number of carbonyl (C=O) groups is 4. The zero-order valence-electron chi connectivity index (χ0n) is 20.5. The number of anilines is 1. The van der Waals surface area contributed by atoms with Gasteiger partial charge in [-0.3, -0.25) is 19.2 Å². The molecule has 0 atom stereocenters. The number of rotatable bonds is 7. The molecule has 0 aliphatic heterocycles. The molecule has 11 heteroatoms. The van der Waals surface area contributed by atoms with E-state index in [-0.39, 0.29) is 22.4 Å². The summed E-state index contributed by atoms with van der Waals surface area (Å²) in [4.78, 5) is 50.3. The first-order valence-corrected chi connectivity index (χ1v) is 11.1. The zero-order valence-corrected chi connectivity index (χ0v) is 20.5. The second-order valence-electron chi connectivity index (χ2n) is 8.64. The molecular formula is C27H23F3N2O6. The van der Waals surface area contributed by atoms with E-state index < -0.39 is 41.4 Å². The van der Waals surface area contributed by atoms with Crippen molar-refractivity contribution in [1.29, 1.82) is 0 Å². The number of amides is 2. The fourth-order valence-electron chi connectivity index (χ4n) is 3.91. The van der Waals surface area contributed by atoms with Crippen LogP contribution in [0.5, 0.6) is 0 Å². The van der Waals surface area contributed by atoms with Gasteiger partial charge >= 0.3 is 18.1 Å². The molecule has 2 amide bonds. The topological polar surface area (TPSA) is 124 Å². The number of hydrogen-bond donors (Lipinski definition) is 3. The van der Waals surface area contributed by atoms with Crippen molar-refractivity contribution in [3.05, 3.63) is 88.5 Å². The van der Waals surface area contributed by atoms with Crippen LogP contribution in [0.4, 0.5) is 18.9 Å². The van der Waals surface area contributed by atoms with Crippen LogP contribution in [-0.4, -0.2) is 53.0 Å². The molecule has 198 valence electrons. The SMILES string of the molecule is Cc1cccc(C(=O)Nc2ccc(C(C(=O)O)C(=O)O)cc2C(=O)N(C)C)c1-c1ccc(C(F)(F)F)cc1. The number of alkyl halides is 3. The van der Waals surface area contributed by atoms with E-state index in [2.05, 4.69) is 5.32 Å². The second kappa shape index (κ2) is 10.8. The van der Waals surface area contributed by atoms with Crippen molar-refractivity contribution in [2.45, 2.75) is 19.0 Å². The summed E-state index contributed by atoms with van der Waals surface area (Å²) >= 11 is 0. The fourth-order valence-corrected chi connectivity index (χ4v) is 3.91. The Kier molecular flexibility index (Phi) is 7.90. The number of nitrogens with one attached hydrogen (secondary N) is 1. The molecule has 0 saturated carbocycles. The van der Waals surface area contributed by atoms with Crippen LogP contribution in [0.3, 0.4) is 0 Å². The maximum atomic E-state index is 13.4. The smallest absolute Gasteiger partial charge is 0.416 e. The van der Waals surface area contributed by atoms with E-state index in [1.54, 1.807) is 19.1 Å². The highest BCUT2D eigenvalue weighted by molar-refractivity contribution is 6.12. The van der Waals surface area contributed by atoms with E-state index in [1.165, 1.54) is 49.3 Å². The summed E-state index contributed by atoms with van der Waals surface area (Å²) in [6.07, 6.45) is -4.52. The third kappa shape index (κ3) is 5.83. The first kappa shape index (κ1) is 27.9. The minimum absolute atomic E-state index is 0.00754. The molecule has 3 rings (SSSR count). The van der Waals surface area contributed by atoms with Crippen LogP contribution >= 0.6 is 0 Å². The third-order valence-electron chi connectivity index (χ3n) is 5.77. The molecule has 0 radical (unpaired) electrons. The number of carboxylic acids is 2. The predicted molar refractivity (Wildman–Crippen MR) is 132 cm³/mol. The molecule has 0 aromatic heterocycles. The third-order valence-corrected chi connectivity index (χ3v) is 5.77. The van der Waals surface area contributed by atoms with Crippen molar-refractivity contribution in [3.63, 3.8) is 0 Å². The van der Waals surface area contributed by atoms with Gasteiger partial charge in [0.05, 0.1) is 16.8 Å². The van der Waals surface area contributed by atoms with Crippen LogP contribution in [0.1, 0.15) is 43.3 Å². The number of hydrogen-bond acceptors (Lipinski definition) is 4. The summed E-state index contributed by atoms with van der Waals surface area (Å²) in [6, 6.07) is 12.6. The number of aliphatic carboxylic acids is 2. The predicted octanol–water partition coefficient (Wildman–Crippen LogP) is 4.89. The van der Waals surface area contributed by atoms with Crippen molar-refractivity contribution < 1.29 is 42.6 Å². The fraction of sp³-hybridized carbons (Fsp3) is 0.185. The monoisotopic (exact) mass is 528 g/mol. The van der Waals surface area contributed by atoms with Crippen LogP contribution < -0.4 is 5.32 Å². The molecule has 3 aromatic carbocycles. The summed E-state index contributed by atoms with van der Waals surface area (Å²) in [7, 11) is 2.85. The van der Waals surface area contributed by atoms with Gasteiger partial charge in [-0.1, -0.05) is 30.3 Å². The van der Waals surface area contributed by atoms with Crippen molar-refractivity contribution >= 4 is 29.4 Å². The number of halogens is 3. The van der Waals surface area contributed by atoms with E-state index in [1.807, 2.05) is 0 Å². The van der Waals surface area contributed by atoms with Crippen LogP contribution in [0.2, 0.25) is 0 Å². The van der Waals surface area contributed by atoms with Gasteiger partial charge in [0, 0.05) is 19.7 Å². The van der Waals surface area contributed by atoms with Gasteiger partial charge in [0.2, 0.25) is 0 Å². The molecule has 0 bridgehead atoms. The second-order valence-corrected chi connectivity index (χ2v) is 8.64. The van der Waals surface area contributed by atoms with Gasteiger partial charge < -0.3 is 20.4 Å². The van der Waals surface area contributed by atoms with Crippen molar-refractivity contribution in [2.24, 2.45) is 0 Å². The molecule has 0 aliphatic rings. The Morgan fingerprint density at radius 1 is 0.868 bits per heavy atom. The van der Waals surface area contributed by atoms with E-state index in [0.717, 1.165) is 18.2 Å². The summed E-state index contributed by atoms with van der Waals surface area (Å²) in [5, 5.41) is 21.2. The van der Waals surface area contributed by atoms with E-state index in [9.17, 15) is 42.6 Å². The Bertz CT molecular complexity index is 1400. The molecule has 0 fully saturated rings. The van der Waals surface area contributed by atoms with E-state index in [4.69, 9.17) is 0 Å². The van der Waals surface area contributed by atoms with Crippen molar-refractivity contribution in [2.75, 3.05) is 19.4 Å². The number of benzene rings is 3. The van der Waals surface area contributed by atoms with Gasteiger partial charge in [-0.2, -0.15) is 13.2 Å². The number of carboxylic acid groups (broad SMARTS) is 2. The van der Waals surface area contributed by atoms with E-state index in [0.29, 0.717) is 16.7 Å². The Labute approximate surface area is 215 Å². The standard InChI is InChI=1S/C27H23F3N2O6/c1-14-5-4-6-18(21(14)15-7-10-17(11-8-15)27(28,29)30)23(33)31-20-12-9-16(22(25(35)36)26(37)38)13-19(20)24(34)32(2)3/h4-13,22H,1-3H3,(H,31,33)(H,35,36)(H,37,38). The van der Waals surface area contributed by atoms with Crippen molar-refractivity contribution in [3.8, 4) is 11.1 Å². The zero-order chi connectivity index (χ0) is 28.4. The summed E-state index contributed by atoms with van der Waals surface area (Å²) < 4.78 is 39.1. The van der Waals surface area contributed by atoms with Crippen LogP contribution in [-0.2, 0) is 15.8 Å². The lowest BCUT2D eigenvalue weighted by Crippen LogP contribution is -2.26. The maximum absolute atomic E-state index is 13.4. The molecular weight excluding hydrogens is 505 g/mol. The maximum Gasteiger partial charge on any atom is 0.416 e. The Hall–Kier alpha value is -4.67. The van der Waals surface area contributed by atoms with Crippen LogP contribution in [0.25, 0.3) is 11.1 Å².